The highest BCUT2D eigenvalue weighted by Gasteiger charge is 2.20. The summed E-state index contributed by atoms with van der Waals surface area (Å²) in [6.07, 6.45) is 3.96. The Bertz CT molecular complexity index is 580. The molecule has 1 saturated carbocycles. The molecule has 1 heterocycles. The van der Waals surface area contributed by atoms with Crippen molar-refractivity contribution in [3.8, 4) is 0 Å². The van der Waals surface area contributed by atoms with E-state index in [0.29, 0.717) is 6.04 Å². The lowest BCUT2D eigenvalue weighted by molar-refractivity contribution is 0.615. The van der Waals surface area contributed by atoms with Crippen LogP contribution in [0.25, 0.3) is 0 Å². The van der Waals surface area contributed by atoms with E-state index in [4.69, 9.17) is 0 Å². The molecule has 1 aliphatic rings. The molecule has 19 heavy (non-hydrogen) atoms. The summed E-state index contributed by atoms with van der Waals surface area (Å²) in [5, 5.41) is 8.15. The number of benzene rings is 1. The van der Waals surface area contributed by atoms with Crippen molar-refractivity contribution in [3.63, 3.8) is 0 Å². The predicted molar refractivity (Wildman–Crippen MR) is 71.4 cm³/mol. The number of hydrogen-bond acceptors (Lipinski definition) is 4. The fourth-order valence-corrected chi connectivity index (χ4v) is 2.69. The van der Waals surface area contributed by atoms with Crippen LogP contribution in [0.15, 0.2) is 34.6 Å². The maximum Gasteiger partial charge on any atom is 0.190 e. The number of aryl methyl sites for hydroxylation is 1. The van der Waals surface area contributed by atoms with Gasteiger partial charge in [0.2, 0.25) is 0 Å². The van der Waals surface area contributed by atoms with E-state index in [1.165, 1.54) is 37.0 Å². The van der Waals surface area contributed by atoms with Gasteiger partial charge < -0.3 is 5.32 Å². The Morgan fingerprint density at radius 2 is 2.26 bits per heavy atom. The molecule has 0 bridgehead atoms. The van der Waals surface area contributed by atoms with Crippen molar-refractivity contribution in [1.29, 1.82) is 0 Å². The average Bonchev–Trinajstić information content (AvgIpc) is 3.11. The number of halogens is 1. The normalized spacial score (nSPS) is 14.8. The first-order valence-electron chi connectivity index (χ1n) is 6.25. The summed E-state index contributed by atoms with van der Waals surface area (Å²) in [6.45, 7) is 0.717. The van der Waals surface area contributed by atoms with Crippen LogP contribution in [0.4, 0.5) is 4.39 Å². The Morgan fingerprint density at radius 1 is 1.42 bits per heavy atom. The Balaban J connectivity index is 1.74. The van der Waals surface area contributed by atoms with Crippen molar-refractivity contribution >= 4 is 11.8 Å². The minimum absolute atomic E-state index is 0.209. The Kier molecular flexibility index (Phi) is 3.52. The standard InChI is InChI=1S/C13H15FN4S/c1-18-13(16-8-17-18)19-12-5-9(4-10(14)6-12)7-15-11-2-3-11/h4-6,8,11,15H,2-3,7H2,1H3. The SMILES string of the molecule is Cn1ncnc1Sc1cc(F)cc(CNC2CC2)c1. The summed E-state index contributed by atoms with van der Waals surface area (Å²) in [7, 11) is 1.82. The number of nitrogens with one attached hydrogen (secondary N) is 1. The van der Waals surface area contributed by atoms with Crippen LogP contribution in [0, 0.1) is 5.82 Å². The van der Waals surface area contributed by atoms with Crippen molar-refractivity contribution in [2.75, 3.05) is 0 Å². The molecular formula is C13H15FN4S. The molecule has 0 amide bonds. The zero-order chi connectivity index (χ0) is 13.2. The minimum Gasteiger partial charge on any atom is -0.310 e. The third-order valence-corrected chi connectivity index (χ3v) is 4.01. The number of hydrogen-bond donors (Lipinski definition) is 1. The van der Waals surface area contributed by atoms with Crippen LogP contribution < -0.4 is 5.32 Å². The van der Waals surface area contributed by atoms with Crippen LogP contribution in [0.2, 0.25) is 0 Å². The molecule has 1 aromatic heterocycles. The van der Waals surface area contributed by atoms with E-state index in [2.05, 4.69) is 15.4 Å². The molecule has 0 unspecified atom stereocenters. The molecule has 100 valence electrons. The third-order valence-electron chi connectivity index (χ3n) is 2.98. The van der Waals surface area contributed by atoms with Gasteiger partial charge in [-0.1, -0.05) is 11.8 Å². The molecule has 1 N–H and O–H groups in total. The Labute approximate surface area is 115 Å². The average molecular weight is 278 g/mol. The monoisotopic (exact) mass is 278 g/mol. The van der Waals surface area contributed by atoms with Gasteiger partial charge in [0, 0.05) is 24.5 Å². The first-order chi connectivity index (χ1) is 9.20. The van der Waals surface area contributed by atoms with Crippen molar-refractivity contribution in [1.82, 2.24) is 20.1 Å². The molecule has 0 saturated heterocycles. The molecular weight excluding hydrogens is 263 g/mol. The maximum absolute atomic E-state index is 13.6. The number of aromatic nitrogens is 3. The van der Waals surface area contributed by atoms with Gasteiger partial charge in [-0.2, -0.15) is 5.10 Å². The van der Waals surface area contributed by atoms with E-state index < -0.39 is 0 Å². The zero-order valence-electron chi connectivity index (χ0n) is 10.6. The van der Waals surface area contributed by atoms with Crippen molar-refractivity contribution < 1.29 is 4.39 Å². The molecule has 1 aliphatic carbocycles. The predicted octanol–water partition coefficient (Wildman–Crippen LogP) is 2.36. The summed E-state index contributed by atoms with van der Waals surface area (Å²) in [5.74, 6) is -0.209. The lowest BCUT2D eigenvalue weighted by atomic mass is 10.2. The highest BCUT2D eigenvalue weighted by Crippen LogP contribution is 2.27. The molecule has 0 aliphatic heterocycles. The summed E-state index contributed by atoms with van der Waals surface area (Å²) in [6, 6.07) is 5.73. The fraction of sp³-hybridized carbons (Fsp3) is 0.385. The molecule has 0 radical (unpaired) electrons. The second kappa shape index (κ2) is 5.30. The molecule has 3 rings (SSSR count). The Morgan fingerprint density at radius 3 is 2.95 bits per heavy atom. The Hall–Kier alpha value is -1.40. The van der Waals surface area contributed by atoms with E-state index in [9.17, 15) is 4.39 Å². The lowest BCUT2D eigenvalue weighted by Crippen LogP contribution is -2.15. The molecule has 1 fully saturated rings. The van der Waals surface area contributed by atoms with Crippen molar-refractivity contribution in [3.05, 3.63) is 35.9 Å². The van der Waals surface area contributed by atoms with Crippen LogP contribution in [-0.4, -0.2) is 20.8 Å². The fourth-order valence-electron chi connectivity index (χ4n) is 1.81. The highest BCUT2D eigenvalue weighted by atomic mass is 32.2. The van der Waals surface area contributed by atoms with Crippen molar-refractivity contribution in [2.45, 2.75) is 35.5 Å². The van der Waals surface area contributed by atoms with E-state index in [-0.39, 0.29) is 5.82 Å². The quantitative estimate of drug-likeness (QED) is 0.911. The van der Waals surface area contributed by atoms with Crippen LogP contribution in [0.5, 0.6) is 0 Å². The molecule has 0 atom stereocenters. The van der Waals surface area contributed by atoms with Crippen LogP contribution in [-0.2, 0) is 13.6 Å². The summed E-state index contributed by atoms with van der Waals surface area (Å²) >= 11 is 1.42. The van der Waals surface area contributed by atoms with Gasteiger partial charge in [0.15, 0.2) is 5.16 Å². The number of nitrogens with zero attached hydrogens (tertiary/aromatic N) is 3. The lowest BCUT2D eigenvalue weighted by Gasteiger charge is -2.06. The summed E-state index contributed by atoms with van der Waals surface area (Å²) in [4.78, 5) is 4.98. The van der Waals surface area contributed by atoms with E-state index >= 15 is 0 Å². The summed E-state index contributed by atoms with van der Waals surface area (Å²) in [5.41, 5.74) is 0.969. The largest absolute Gasteiger partial charge is 0.310 e. The molecule has 6 heteroatoms. The first-order valence-corrected chi connectivity index (χ1v) is 7.07. The molecule has 1 aromatic carbocycles. The van der Waals surface area contributed by atoms with Gasteiger partial charge in [0.1, 0.15) is 12.1 Å². The van der Waals surface area contributed by atoms with Crippen LogP contribution in [0.3, 0.4) is 0 Å². The van der Waals surface area contributed by atoms with Crippen LogP contribution in [0.1, 0.15) is 18.4 Å². The maximum atomic E-state index is 13.6. The topological polar surface area (TPSA) is 42.7 Å². The van der Waals surface area contributed by atoms with E-state index in [1.54, 1.807) is 10.7 Å². The minimum atomic E-state index is -0.209. The van der Waals surface area contributed by atoms with E-state index in [0.717, 1.165) is 22.2 Å². The summed E-state index contributed by atoms with van der Waals surface area (Å²) < 4.78 is 15.3. The first kappa shape index (κ1) is 12.6. The van der Waals surface area contributed by atoms with Gasteiger partial charge in [-0.3, -0.25) is 0 Å². The molecule has 4 nitrogen and oxygen atoms in total. The smallest absolute Gasteiger partial charge is 0.190 e. The van der Waals surface area contributed by atoms with Crippen molar-refractivity contribution in [2.24, 2.45) is 7.05 Å². The van der Waals surface area contributed by atoms with Gasteiger partial charge in [-0.15, -0.1) is 0 Å². The van der Waals surface area contributed by atoms with Gasteiger partial charge in [-0.05, 0) is 36.6 Å². The third kappa shape index (κ3) is 3.33. The van der Waals surface area contributed by atoms with E-state index in [1.807, 2.05) is 13.1 Å². The van der Waals surface area contributed by atoms with Gasteiger partial charge in [0.05, 0.1) is 0 Å². The van der Waals surface area contributed by atoms with Gasteiger partial charge in [0.25, 0.3) is 0 Å². The molecule has 0 spiro atoms. The second-order valence-corrected chi connectivity index (χ2v) is 5.76. The van der Waals surface area contributed by atoms with Crippen LogP contribution >= 0.6 is 11.8 Å². The van der Waals surface area contributed by atoms with Gasteiger partial charge in [-0.25, -0.2) is 14.1 Å². The molecule has 2 aromatic rings. The highest BCUT2D eigenvalue weighted by molar-refractivity contribution is 7.99. The number of rotatable bonds is 5. The second-order valence-electron chi connectivity index (χ2n) is 4.72. The van der Waals surface area contributed by atoms with Gasteiger partial charge >= 0.3 is 0 Å². The zero-order valence-corrected chi connectivity index (χ0v) is 11.5.